The molecule has 84 valence electrons. The largest absolute Gasteiger partial charge is 0.329 e. The Kier molecular flexibility index (Phi) is 3.92. The summed E-state index contributed by atoms with van der Waals surface area (Å²) in [6.07, 6.45) is 1.85. The molecule has 0 spiro atoms. The second-order valence-corrected chi connectivity index (χ2v) is 6.28. The lowest BCUT2D eigenvalue weighted by atomic mass is 10.2. The highest BCUT2D eigenvalue weighted by molar-refractivity contribution is 7.89. The first-order valence-electron chi connectivity index (χ1n) is 5.17. The normalized spacial score (nSPS) is 24.7. The number of hydrogen-bond donors (Lipinski definition) is 1. The number of hydrogen-bond acceptors (Lipinski definition) is 3. The van der Waals surface area contributed by atoms with Crippen LogP contribution in [0.25, 0.3) is 0 Å². The van der Waals surface area contributed by atoms with Gasteiger partial charge in [0.15, 0.2) is 0 Å². The Morgan fingerprint density at radius 1 is 1.50 bits per heavy atom. The van der Waals surface area contributed by atoms with E-state index in [-0.39, 0.29) is 17.7 Å². The fourth-order valence-electron chi connectivity index (χ4n) is 1.93. The van der Waals surface area contributed by atoms with E-state index in [4.69, 9.17) is 5.73 Å². The lowest BCUT2D eigenvalue weighted by Gasteiger charge is -2.23. The van der Waals surface area contributed by atoms with E-state index >= 15 is 0 Å². The van der Waals surface area contributed by atoms with Crippen LogP contribution in [0.4, 0.5) is 0 Å². The Balaban J connectivity index is 2.71. The molecule has 0 radical (unpaired) electrons. The van der Waals surface area contributed by atoms with Gasteiger partial charge >= 0.3 is 0 Å². The topological polar surface area (TPSA) is 63.4 Å². The molecule has 1 unspecified atom stereocenters. The molecule has 5 heteroatoms. The molecule has 0 saturated carbocycles. The molecule has 1 atom stereocenters. The average molecular weight is 220 g/mol. The molecule has 0 aromatic heterocycles. The third-order valence-corrected chi connectivity index (χ3v) is 4.78. The summed E-state index contributed by atoms with van der Waals surface area (Å²) >= 11 is 0. The van der Waals surface area contributed by atoms with Crippen LogP contribution < -0.4 is 5.73 Å². The molecular weight excluding hydrogens is 200 g/mol. The summed E-state index contributed by atoms with van der Waals surface area (Å²) in [5.41, 5.74) is 5.55. The Morgan fingerprint density at radius 2 is 2.14 bits per heavy atom. The van der Waals surface area contributed by atoms with Crippen LogP contribution in [-0.2, 0) is 10.0 Å². The van der Waals surface area contributed by atoms with Crippen LogP contribution in [-0.4, -0.2) is 37.6 Å². The van der Waals surface area contributed by atoms with E-state index in [1.54, 1.807) is 4.31 Å². The maximum Gasteiger partial charge on any atom is 0.214 e. The lowest BCUT2D eigenvalue weighted by molar-refractivity contribution is 0.389. The van der Waals surface area contributed by atoms with E-state index in [0.717, 1.165) is 12.8 Å². The highest BCUT2D eigenvalue weighted by Crippen LogP contribution is 2.21. The molecule has 2 N–H and O–H groups in total. The summed E-state index contributed by atoms with van der Waals surface area (Å²) in [4.78, 5) is 0. The fraction of sp³-hybridized carbons (Fsp3) is 1.00. The van der Waals surface area contributed by atoms with Crippen molar-refractivity contribution in [3.8, 4) is 0 Å². The van der Waals surface area contributed by atoms with Crippen LogP contribution in [0, 0.1) is 5.92 Å². The van der Waals surface area contributed by atoms with Crippen LogP contribution >= 0.6 is 0 Å². The lowest BCUT2D eigenvalue weighted by Crippen LogP contribution is -2.41. The van der Waals surface area contributed by atoms with Crippen molar-refractivity contribution in [2.75, 3.05) is 18.8 Å². The van der Waals surface area contributed by atoms with Crippen molar-refractivity contribution in [2.24, 2.45) is 11.7 Å². The number of nitrogens with zero attached hydrogens (tertiary/aromatic N) is 1. The summed E-state index contributed by atoms with van der Waals surface area (Å²) in [7, 11) is -3.07. The Hall–Kier alpha value is -0.130. The molecule has 0 aromatic rings. The predicted molar refractivity (Wildman–Crippen MR) is 57.4 cm³/mol. The van der Waals surface area contributed by atoms with Gasteiger partial charge in [0.1, 0.15) is 0 Å². The third kappa shape index (κ3) is 2.68. The second kappa shape index (κ2) is 4.59. The van der Waals surface area contributed by atoms with Crippen molar-refractivity contribution in [1.29, 1.82) is 0 Å². The van der Waals surface area contributed by atoms with Gasteiger partial charge in [-0.3, -0.25) is 0 Å². The van der Waals surface area contributed by atoms with Gasteiger partial charge < -0.3 is 5.73 Å². The minimum Gasteiger partial charge on any atom is -0.329 e. The van der Waals surface area contributed by atoms with Gasteiger partial charge in [-0.15, -0.1) is 0 Å². The maximum atomic E-state index is 11.9. The minimum absolute atomic E-state index is 0.0405. The third-order valence-electron chi connectivity index (χ3n) is 2.50. The van der Waals surface area contributed by atoms with Crippen molar-refractivity contribution < 1.29 is 8.42 Å². The van der Waals surface area contributed by atoms with Crippen LogP contribution in [0.2, 0.25) is 0 Å². The van der Waals surface area contributed by atoms with Crippen molar-refractivity contribution in [1.82, 2.24) is 4.31 Å². The second-order valence-electron chi connectivity index (χ2n) is 4.31. The molecule has 1 heterocycles. The summed E-state index contributed by atoms with van der Waals surface area (Å²) in [5.74, 6) is 0.419. The SMILES string of the molecule is CC(C)CS(=O)(=O)N1CCCC1CN. The Morgan fingerprint density at radius 3 is 2.64 bits per heavy atom. The van der Waals surface area contributed by atoms with E-state index in [1.165, 1.54) is 0 Å². The zero-order chi connectivity index (χ0) is 10.8. The summed E-state index contributed by atoms with van der Waals surface area (Å²) < 4.78 is 25.4. The zero-order valence-electron chi connectivity index (χ0n) is 8.94. The number of nitrogens with two attached hydrogens (primary N) is 1. The van der Waals surface area contributed by atoms with Crippen LogP contribution in [0.5, 0.6) is 0 Å². The Bertz CT molecular complexity index is 275. The summed E-state index contributed by atoms with van der Waals surface area (Å²) in [6.45, 7) is 4.93. The van der Waals surface area contributed by atoms with E-state index in [1.807, 2.05) is 13.8 Å². The summed E-state index contributed by atoms with van der Waals surface area (Å²) in [5, 5.41) is 0. The molecule has 1 aliphatic rings. The molecule has 0 amide bonds. The van der Waals surface area contributed by atoms with Crippen molar-refractivity contribution >= 4 is 10.0 Å². The van der Waals surface area contributed by atoms with Crippen LogP contribution in [0.3, 0.4) is 0 Å². The van der Waals surface area contributed by atoms with Gasteiger partial charge in [-0.05, 0) is 18.8 Å². The fourth-order valence-corrected chi connectivity index (χ4v) is 4.01. The van der Waals surface area contributed by atoms with E-state index in [2.05, 4.69) is 0 Å². The van der Waals surface area contributed by atoms with Crippen molar-refractivity contribution in [2.45, 2.75) is 32.7 Å². The predicted octanol–water partition coefficient (Wildman–Crippen LogP) is 0.395. The standard InChI is InChI=1S/C9H20N2O2S/c1-8(2)7-14(12,13)11-5-3-4-9(11)6-10/h8-9H,3-7,10H2,1-2H3. The van der Waals surface area contributed by atoms with E-state index in [0.29, 0.717) is 13.1 Å². The number of sulfonamides is 1. The van der Waals surface area contributed by atoms with Crippen LogP contribution in [0.15, 0.2) is 0 Å². The van der Waals surface area contributed by atoms with Gasteiger partial charge in [0.2, 0.25) is 10.0 Å². The molecule has 1 aliphatic heterocycles. The Labute approximate surface area is 86.5 Å². The molecule has 4 nitrogen and oxygen atoms in total. The van der Waals surface area contributed by atoms with Crippen molar-refractivity contribution in [3.05, 3.63) is 0 Å². The quantitative estimate of drug-likeness (QED) is 0.745. The highest BCUT2D eigenvalue weighted by Gasteiger charge is 2.33. The van der Waals surface area contributed by atoms with E-state index in [9.17, 15) is 8.42 Å². The highest BCUT2D eigenvalue weighted by atomic mass is 32.2. The molecule has 14 heavy (non-hydrogen) atoms. The first-order chi connectivity index (χ1) is 6.47. The molecule has 1 fully saturated rings. The summed E-state index contributed by atoms with van der Waals surface area (Å²) in [6, 6.07) is 0.0405. The molecule has 0 aromatic carbocycles. The van der Waals surface area contributed by atoms with E-state index < -0.39 is 10.0 Å². The monoisotopic (exact) mass is 220 g/mol. The van der Waals surface area contributed by atoms with Crippen molar-refractivity contribution in [3.63, 3.8) is 0 Å². The molecule has 0 aliphatic carbocycles. The molecule has 1 saturated heterocycles. The van der Waals surface area contributed by atoms with Gasteiger partial charge in [-0.1, -0.05) is 13.8 Å². The molecular formula is C9H20N2O2S. The van der Waals surface area contributed by atoms with Gasteiger partial charge in [-0.2, -0.15) is 4.31 Å². The van der Waals surface area contributed by atoms with Crippen LogP contribution in [0.1, 0.15) is 26.7 Å². The average Bonchev–Trinajstić information content (AvgIpc) is 2.48. The smallest absolute Gasteiger partial charge is 0.214 e. The van der Waals surface area contributed by atoms with Gasteiger partial charge in [0, 0.05) is 19.1 Å². The maximum absolute atomic E-state index is 11.9. The van der Waals surface area contributed by atoms with Gasteiger partial charge in [0.05, 0.1) is 5.75 Å². The first-order valence-corrected chi connectivity index (χ1v) is 6.78. The molecule has 1 rings (SSSR count). The molecule has 0 bridgehead atoms. The number of rotatable bonds is 4. The van der Waals surface area contributed by atoms with Gasteiger partial charge in [0.25, 0.3) is 0 Å². The first kappa shape index (κ1) is 11.9. The van der Waals surface area contributed by atoms with Gasteiger partial charge in [-0.25, -0.2) is 8.42 Å². The zero-order valence-corrected chi connectivity index (χ0v) is 9.76. The minimum atomic E-state index is -3.07.